The van der Waals surface area contributed by atoms with Crippen molar-refractivity contribution in [2.45, 2.75) is 0 Å². The van der Waals surface area contributed by atoms with Crippen molar-refractivity contribution >= 4 is 23.3 Å². The van der Waals surface area contributed by atoms with Crippen molar-refractivity contribution in [2.75, 3.05) is 24.4 Å². The Hall–Kier alpha value is -2.42. The molecule has 0 atom stereocenters. The van der Waals surface area contributed by atoms with Crippen molar-refractivity contribution in [2.24, 2.45) is 5.84 Å². The Kier molecular flexibility index (Phi) is 4.17. The summed E-state index contributed by atoms with van der Waals surface area (Å²) in [5.41, 5.74) is 2.00. The number of ether oxygens (including phenoxy) is 1. The van der Waals surface area contributed by atoms with Crippen LogP contribution in [0.5, 0.6) is 0 Å². The van der Waals surface area contributed by atoms with Gasteiger partial charge < -0.3 is 15.5 Å². The normalized spacial score (nSPS) is 9.53. The first-order valence-corrected chi connectivity index (χ1v) is 4.50. The molecule has 0 aliphatic rings. The highest BCUT2D eigenvalue weighted by atomic mass is 16.6. The van der Waals surface area contributed by atoms with Gasteiger partial charge >= 0.3 is 5.97 Å². The molecule has 0 aromatic carbocycles. The summed E-state index contributed by atoms with van der Waals surface area (Å²) < 4.78 is 4.40. The van der Waals surface area contributed by atoms with Gasteiger partial charge in [0.1, 0.15) is 18.2 Å². The Morgan fingerprint density at radius 2 is 2.24 bits per heavy atom. The zero-order valence-corrected chi connectivity index (χ0v) is 8.97. The van der Waals surface area contributed by atoms with Crippen LogP contribution in [0.15, 0.2) is 12.1 Å². The average Bonchev–Trinajstić information content (AvgIpc) is 2.35. The lowest BCUT2D eigenvalue weighted by atomic mass is 10.3. The fraction of sp³-hybridized carbons (Fsp3) is 0.250. The first-order chi connectivity index (χ1) is 8.06. The van der Waals surface area contributed by atoms with E-state index < -0.39 is 10.9 Å². The van der Waals surface area contributed by atoms with Gasteiger partial charge in [0.25, 0.3) is 5.69 Å². The van der Waals surface area contributed by atoms with E-state index in [0.29, 0.717) is 0 Å². The molecule has 0 saturated carbocycles. The van der Waals surface area contributed by atoms with Gasteiger partial charge in [-0.1, -0.05) is 0 Å². The van der Waals surface area contributed by atoms with Crippen molar-refractivity contribution in [3.63, 3.8) is 0 Å². The van der Waals surface area contributed by atoms with Crippen LogP contribution >= 0.6 is 0 Å². The van der Waals surface area contributed by atoms with Crippen LogP contribution < -0.4 is 16.6 Å². The predicted molar refractivity (Wildman–Crippen MR) is 59.2 cm³/mol. The van der Waals surface area contributed by atoms with Crippen molar-refractivity contribution in [3.05, 3.63) is 22.2 Å². The second-order valence-electron chi connectivity index (χ2n) is 2.93. The molecule has 0 unspecified atom stereocenters. The summed E-state index contributed by atoms with van der Waals surface area (Å²) in [4.78, 5) is 24.8. The number of methoxy groups -OCH3 is 1. The smallest absolute Gasteiger partial charge is 0.325 e. The van der Waals surface area contributed by atoms with E-state index >= 15 is 0 Å². The molecule has 0 aliphatic carbocycles. The number of nitrogens with one attached hydrogen (secondary N) is 2. The summed E-state index contributed by atoms with van der Waals surface area (Å²) >= 11 is 0. The molecule has 17 heavy (non-hydrogen) atoms. The predicted octanol–water partition coefficient (Wildman–Crippen LogP) is -0.140. The molecule has 1 aromatic heterocycles. The van der Waals surface area contributed by atoms with E-state index in [-0.39, 0.29) is 23.9 Å². The lowest BCUT2D eigenvalue weighted by molar-refractivity contribution is -0.384. The van der Waals surface area contributed by atoms with E-state index in [0.717, 1.165) is 0 Å². The number of nitrogens with two attached hydrogens (primary N) is 1. The molecule has 0 amide bonds. The zero-order chi connectivity index (χ0) is 12.8. The van der Waals surface area contributed by atoms with Crippen LogP contribution in [0, 0.1) is 10.1 Å². The van der Waals surface area contributed by atoms with E-state index in [2.05, 4.69) is 20.5 Å². The Labute approximate surface area is 96.1 Å². The molecular weight excluding hydrogens is 230 g/mol. The summed E-state index contributed by atoms with van der Waals surface area (Å²) in [5.74, 6) is 4.87. The summed E-state index contributed by atoms with van der Waals surface area (Å²) in [5, 5.41) is 13.2. The summed E-state index contributed by atoms with van der Waals surface area (Å²) in [6.45, 7) is -0.144. The number of nitro groups is 1. The number of carbonyl (C=O) groups excluding carboxylic acids is 1. The molecule has 0 saturated heterocycles. The molecule has 0 aliphatic heterocycles. The van der Waals surface area contributed by atoms with E-state index in [9.17, 15) is 14.9 Å². The molecule has 9 heteroatoms. The second kappa shape index (κ2) is 5.61. The van der Waals surface area contributed by atoms with Crippen LogP contribution in [0.3, 0.4) is 0 Å². The molecule has 1 heterocycles. The third-order valence-electron chi connectivity index (χ3n) is 1.81. The largest absolute Gasteiger partial charge is 0.468 e. The number of hydrogen-bond donors (Lipinski definition) is 3. The maximum atomic E-state index is 10.9. The van der Waals surface area contributed by atoms with Crippen LogP contribution in [0.25, 0.3) is 0 Å². The van der Waals surface area contributed by atoms with E-state index in [1.54, 1.807) is 0 Å². The van der Waals surface area contributed by atoms with Gasteiger partial charge in [-0.05, 0) is 0 Å². The molecule has 0 radical (unpaired) electrons. The van der Waals surface area contributed by atoms with Crippen LogP contribution in [0.4, 0.5) is 17.3 Å². The minimum atomic E-state index is -0.591. The van der Waals surface area contributed by atoms with Gasteiger partial charge in [0.2, 0.25) is 0 Å². The quantitative estimate of drug-likeness (QED) is 0.281. The van der Waals surface area contributed by atoms with Crippen molar-refractivity contribution in [1.82, 2.24) is 4.98 Å². The molecular formula is C8H11N5O4. The summed E-state index contributed by atoms with van der Waals surface area (Å²) in [6.07, 6.45) is 0. The summed E-state index contributed by atoms with van der Waals surface area (Å²) in [6, 6.07) is 2.35. The fourth-order valence-electron chi connectivity index (χ4n) is 1.02. The lowest BCUT2D eigenvalue weighted by Crippen LogP contribution is -2.17. The standard InChI is InChI=1S/C8H11N5O4/c1-17-8(14)4-10-6-2-5(13(15)16)3-7(11-6)12-9/h2-3H,4,9H2,1H3,(H2,10,11,12). The molecule has 92 valence electrons. The van der Waals surface area contributed by atoms with E-state index in [4.69, 9.17) is 5.84 Å². The van der Waals surface area contributed by atoms with Crippen molar-refractivity contribution in [3.8, 4) is 0 Å². The van der Waals surface area contributed by atoms with Crippen LogP contribution in [-0.4, -0.2) is 29.5 Å². The molecule has 9 nitrogen and oxygen atoms in total. The highest BCUT2D eigenvalue weighted by Crippen LogP contribution is 2.19. The van der Waals surface area contributed by atoms with Crippen LogP contribution in [0.2, 0.25) is 0 Å². The molecule has 0 fully saturated rings. The van der Waals surface area contributed by atoms with Crippen molar-refractivity contribution < 1.29 is 14.5 Å². The number of aromatic nitrogens is 1. The minimum absolute atomic E-state index is 0.117. The number of nitrogens with zero attached hydrogens (tertiary/aromatic N) is 2. The van der Waals surface area contributed by atoms with Gasteiger partial charge in [0, 0.05) is 0 Å². The van der Waals surface area contributed by atoms with Gasteiger partial charge in [0.05, 0.1) is 24.2 Å². The third kappa shape index (κ3) is 3.57. The Balaban J connectivity index is 2.87. The number of anilines is 2. The van der Waals surface area contributed by atoms with Gasteiger partial charge in [0.15, 0.2) is 0 Å². The lowest BCUT2D eigenvalue weighted by Gasteiger charge is -2.06. The second-order valence-corrected chi connectivity index (χ2v) is 2.93. The third-order valence-corrected chi connectivity index (χ3v) is 1.81. The minimum Gasteiger partial charge on any atom is -0.468 e. The number of carbonyl (C=O) groups is 1. The fourth-order valence-corrected chi connectivity index (χ4v) is 1.02. The van der Waals surface area contributed by atoms with Gasteiger partial charge in [-0.15, -0.1) is 0 Å². The number of esters is 1. The molecule has 1 rings (SSSR count). The highest BCUT2D eigenvalue weighted by Gasteiger charge is 2.11. The number of rotatable bonds is 5. The summed E-state index contributed by atoms with van der Waals surface area (Å²) in [7, 11) is 1.23. The molecule has 0 bridgehead atoms. The van der Waals surface area contributed by atoms with Gasteiger partial charge in [-0.3, -0.25) is 14.9 Å². The number of hydrogen-bond acceptors (Lipinski definition) is 8. The molecule has 1 aromatic rings. The first kappa shape index (κ1) is 12.6. The number of nitrogen functional groups attached to an aromatic ring is 1. The maximum Gasteiger partial charge on any atom is 0.325 e. The first-order valence-electron chi connectivity index (χ1n) is 4.50. The molecule has 0 spiro atoms. The number of pyridine rings is 1. The Morgan fingerprint density at radius 1 is 1.59 bits per heavy atom. The number of hydrazine groups is 1. The van der Waals surface area contributed by atoms with Crippen LogP contribution in [0.1, 0.15) is 0 Å². The van der Waals surface area contributed by atoms with Gasteiger partial charge in [-0.25, -0.2) is 10.8 Å². The van der Waals surface area contributed by atoms with Crippen molar-refractivity contribution in [1.29, 1.82) is 0 Å². The van der Waals surface area contributed by atoms with Crippen LogP contribution in [-0.2, 0) is 9.53 Å². The zero-order valence-electron chi connectivity index (χ0n) is 8.97. The molecule has 4 N–H and O–H groups in total. The maximum absolute atomic E-state index is 10.9. The highest BCUT2D eigenvalue weighted by molar-refractivity contribution is 5.74. The SMILES string of the molecule is COC(=O)CNc1cc([N+](=O)[O-])cc(NN)n1. The topological polar surface area (TPSA) is 132 Å². The Bertz CT molecular complexity index is 436. The Morgan fingerprint density at radius 3 is 2.76 bits per heavy atom. The van der Waals surface area contributed by atoms with Gasteiger partial charge in [-0.2, -0.15) is 0 Å². The average molecular weight is 241 g/mol. The monoisotopic (exact) mass is 241 g/mol. The van der Waals surface area contributed by atoms with E-state index in [1.807, 2.05) is 0 Å². The van der Waals surface area contributed by atoms with E-state index in [1.165, 1.54) is 19.2 Å².